The van der Waals surface area contributed by atoms with E-state index in [2.05, 4.69) is 20.6 Å². The van der Waals surface area contributed by atoms with E-state index in [0.29, 0.717) is 17.3 Å². The summed E-state index contributed by atoms with van der Waals surface area (Å²) in [6.45, 7) is 5.84. The molecular formula is C19H20Cl2N4O2. The highest BCUT2D eigenvalue weighted by Gasteiger charge is 2.27. The van der Waals surface area contributed by atoms with Gasteiger partial charge in [-0.1, -0.05) is 37.0 Å². The maximum Gasteiger partial charge on any atom is 0.326 e. The van der Waals surface area contributed by atoms with Crippen molar-refractivity contribution in [2.24, 2.45) is 0 Å². The molecule has 1 aliphatic carbocycles. The van der Waals surface area contributed by atoms with E-state index in [1.54, 1.807) is 12.3 Å². The summed E-state index contributed by atoms with van der Waals surface area (Å²) in [5.41, 5.74) is 4.04. The Morgan fingerprint density at radius 2 is 1.85 bits per heavy atom. The molecule has 6 nitrogen and oxygen atoms in total. The van der Waals surface area contributed by atoms with Gasteiger partial charge in [0.15, 0.2) is 0 Å². The van der Waals surface area contributed by atoms with Crippen LogP contribution in [0.5, 0.6) is 0 Å². The molecule has 0 saturated carbocycles. The highest BCUT2D eigenvalue weighted by molar-refractivity contribution is 6.35. The van der Waals surface area contributed by atoms with Crippen LogP contribution in [0.25, 0.3) is 0 Å². The largest absolute Gasteiger partial charge is 0.326 e. The normalized spacial score (nSPS) is 12.8. The Kier molecular flexibility index (Phi) is 5.67. The van der Waals surface area contributed by atoms with Gasteiger partial charge in [0, 0.05) is 6.20 Å². The molecule has 2 aromatic rings. The number of fused-ring (bicyclic) bond motifs is 1. The van der Waals surface area contributed by atoms with Crippen molar-refractivity contribution in [3.8, 4) is 0 Å². The highest BCUT2D eigenvalue weighted by atomic mass is 35.5. The Bertz CT molecular complexity index is 928. The van der Waals surface area contributed by atoms with Crippen LogP contribution in [0.4, 0.5) is 10.5 Å². The number of halogens is 2. The number of rotatable bonds is 3. The van der Waals surface area contributed by atoms with Gasteiger partial charge in [0.2, 0.25) is 0 Å². The Morgan fingerprint density at radius 3 is 2.56 bits per heavy atom. The van der Waals surface area contributed by atoms with Crippen molar-refractivity contribution < 1.29 is 9.59 Å². The quantitative estimate of drug-likeness (QED) is 0.725. The molecule has 2 heterocycles. The fourth-order valence-corrected chi connectivity index (χ4v) is 3.92. The second kappa shape index (κ2) is 7.82. The monoisotopic (exact) mass is 406 g/mol. The van der Waals surface area contributed by atoms with Crippen molar-refractivity contribution in [2.45, 2.75) is 46.0 Å². The van der Waals surface area contributed by atoms with E-state index in [9.17, 15) is 9.59 Å². The van der Waals surface area contributed by atoms with Crippen LogP contribution in [0.1, 0.15) is 58.9 Å². The Morgan fingerprint density at radius 1 is 1.15 bits per heavy atom. The lowest BCUT2D eigenvalue weighted by atomic mass is 10.0. The number of hydrogen-bond acceptors (Lipinski definition) is 4. The number of anilines is 1. The molecule has 0 saturated heterocycles. The molecule has 0 unspecified atom stereocenters. The molecule has 0 spiro atoms. The molecule has 142 valence electrons. The molecule has 0 bridgehead atoms. The number of urea groups is 1. The lowest BCUT2D eigenvalue weighted by Gasteiger charge is -2.16. The van der Waals surface area contributed by atoms with Gasteiger partial charge in [-0.3, -0.25) is 15.1 Å². The number of imide groups is 1. The lowest BCUT2D eigenvalue weighted by Crippen LogP contribution is -2.35. The van der Waals surface area contributed by atoms with Gasteiger partial charge in [-0.25, -0.2) is 9.78 Å². The number of nitrogens with zero attached hydrogens (tertiary/aromatic N) is 2. The second-order valence-corrected chi connectivity index (χ2v) is 7.55. The summed E-state index contributed by atoms with van der Waals surface area (Å²) in [7, 11) is 0. The molecule has 8 heteroatoms. The number of aromatic nitrogens is 2. The molecule has 1 aliphatic rings. The van der Waals surface area contributed by atoms with Crippen LogP contribution in [0.15, 0.2) is 12.3 Å². The maximum atomic E-state index is 12.7. The van der Waals surface area contributed by atoms with Crippen molar-refractivity contribution >= 4 is 40.8 Å². The van der Waals surface area contributed by atoms with Crippen molar-refractivity contribution in [1.29, 1.82) is 0 Å². The van der Waals surface area contributed by atoms with Crippen LogP contribution in [-0.2, 0) is 12.8 Å². The molecule has 3 amide bonds. The zero-order valence-electron chi connectivity index (χ0n) is 15.3. The molecule has 0 aromatic carbocycles. The number of carbonyl (C=O) groups is 2. The number of pyridine rings is 2. The minimum atomic E-state index is -0.643. The molecule has 0 radical (unpaired) electrons. The van der Waals surface area contributed by atoms with Gasteiger partial charge in [-0.15, -0.1) is 0 Å². The van der Waals surface area contributed by atoms with Gasteiger partial charge < -0.3 is 5.32 Å². The van der Waals surface area contributed by atoms with E-state index in [4.69, 9.17) is 23.2 Å². The van der Waals surface area contributed by atoms with Gasteiger partial charge in [-0.2, -0.15) is 0 Å². The van der Waals surface area contributed by atoms with Crippen molar-refractivity contribution in [2.75, 3.05) is 5.32 Å². The van der Waals surface area contributed by atoms with Crippen molar-refractivity contribution in [3.05, 3.63) is 50.5 Å². The topological polar surface area (TPSA) is 84.0 Å². The van der Waals surface area contributed by atoms with Crippen LogP contribution >= 0.6 is 23.2 Å². The van der Waals surface area contributed by atoms with E-state index in [0.717, 1.165) is 35.2 Å². The third-order valence-corrected chi connectivity index (χ3v) is 5.19. The minimum absolute atomic E-state index is 0.00591. The first-order chi connectivity index (χ1) is 12.8. The summed E-state index contributed by atoms with van der Waals surface area (Å²) < 4.78 is 0. The predicted octanol–water partition coefficient (Wildman–Crippen LogP) is 4.67. The molecule has 0 atom stereocenters. The van der Waals surface area contributed by atoms with Gasteiger partial charge >= 0.3 is 6.03 Å². The van der Waals surface area contributed by atoms with E-state index < -0.39 is 11.9 Å². The number of nitrogens with one attached hydrogen (secondary N) is 2. The molecule has 2 N–H and O–H groups in total. The molecule has 3 rings (SSSR count). The zero-order valence-corrected chi connectivity index (χ0v) is 16.8. The van der Waals surface area contributed by atoms with Gasteiger partial charge in [0.1, 0.15) is 10.3 Å². The zero-order chi connectivity index (χ0) is 19.7. The van der Waals surface area contributed by atoms with E-state index in [-0.39, 0.29) is 16.6 Å². The number of carbonyl (C=O) groups excluding carboxylic acids is 2. The average Bonchev–Trinajstić information content (AvgIpc) is 3.06. The maximum absolute atomic E-state index is 12.7. The van der Waals surface area contributed by atoms with Crippen molar-refractivity contribution in [1.82, 2.24) is 15.3 Å². The smallest absolute Gasteiger partial charge is 0.306 e. The van der Waals surface area contributed by atoms with Gasteiger partial charge in [0.05, 0.1) is 16.9 Å². The third kappa shape index (κ3) is 3.92. The first kappa shape index (κ1) is 19.6. The Labute approximate surface area is 167 Å². The Hall–Kier alpha value is -2.18. The summed E-state index contributed by atoms with van der Waals surface area (Å²) in [6.07, 6.45) is 4.00. The summed E-state index contributed by atoms with van der Waals surface area (Å²) in [5, 5.41) is 5.41. The molecule has 2 aromatic heterocycles. The fraction of sp³-hybridized carbons (Fsp3) is 0.368. The third-order valence-electron chi connectivity index (χ3n) is 4.60. The van der Waals surface area contributed by atoms with Crippen LogP contribution in [0.2, 0.25) is 10.3 Å². The van der Waals surface area contributed by atoms with E-state index >= 15 is 0 Å². The average molecular weight is 407 g/mol. The number of hydrogen-bond donors (Lipinski definition) is 2. The van der Waals surface area contributed by atoms with E-state index in [1.807, 2.05) is 20.8 Å². The van der Waals surface area contributed by atoms with Crippen LogP contribution in [0, 0.1) is 6.92 Å². The predicted molar refractivity (Wildman–Crippen MR) is 106 cm³/mol. The second-order valence-electron chi connectivity index (χ2n) is 6.83. The summed E-state index contributed by atoms with van der Waals surface area (Å²) >= 11 is 12.3. The number of aryl methyl sites for hydroxylation is 1. The van der Waals surface area contributed by atoms with Crippen LogP contribution < -0.4 is 10.6 Å². The molecular weight excluding hydrogens is 387 g/mol. The fourth-order valence-electron chi connectivity index (χ4n) is 3.30. The van der Waals surface area contributed by atoms with Crippen LogP contribution in [-0.4, -0.2) is 21.9 Å². The first-order valence-corrected chi connectivity index (χ1v) is 9.49. The molecule has 0 aliphatic heterocycles. The summed E-state index contributed by atoms with van der Waals surface area (Å²) in [5.74, 6) is -0.471. The number of amides is 3. The summed E-state index contributed by atoms with van der Waals surface area (Å²) in [4.78, 5) is 33.5. The molecule has 0 fully saturated rings. The van der Waals surface area contributed by atoms with Crippen LogP contribution in [0.3, 0.4) is 0 Å². The van der Waals surface area contributed by atoms with Gasteiger partial charge in [0.25, 0.3) is 5.91 Å². The van der Waals surface area contributed by atoms with E-state index in [1.165, 1.54) is 0 Å². The first-order valence-electron chi connectivity index (χ1n) is 8.74. The highest BCUT2D eigenvalue weighted by Crippen LogP contribution is 2.33. The standard InChI is InChI=1S/C19H20Cl2N4O2/c1-9(2)14-15(10(3)7-8-22-14)23-19(27)25-18(26)13-11-5-4-6-12(11)16(20)24-17(13)21/h7-9H,4-6H2,1-3H3,(H2,23,25,26,27). The SMILES string of the molecule is Cc1ccnc(C(C)C)c1NC(=O)NC(=O)c1c(Cl)nc(Cl)c2c1CCC2. The lowest BCUT2D eigenvalue weighted by molar-refractivity contribution is 0.0966. The van der Waals surface area contributed by atoms with Crippen molar-refractivity contribution in [3.63, 3.8) is 0 Å². The van der Waals surface area contributed by atoms with Gasteiger partial charge in [-0.05, 0) is 54.9 Å². The summed E-state index contributed by atoms with van der Waals surface area (Å²) in [6, 6.07) is 1.16. The minimum Gasteiger partial charge on any atom is -0.306 e. The Balaban J connectivity index is 1.83. The molecule has 27 heavy (non-hydrogen) atoms.